The second-order valence-electron chi connectivity index (χ2n) is 3.70. The number of hydrogen-bond acceptors (Lipinski definition) is 3. The van der Waals surface area contributed by atoms with Gasteiger partial charge in [-0.05, 0) is 34.3 Å². The van der Waals surface area contributed by atoms with E-state index in [1.807, 2.05) is 16.3 Å². The maximum absolute atomic E-state index is 12.1. The molecule has 5 heteroatoms. The molecule has 0 radical (unpaired) electrons. The molecular formula is C10H13BrN2OS. The van der Waals surface area contributed by atoms with E-state index in [0.29, 0.717) is 6.04 Å². The van der Waals surface area contributed by atoms with Crippen LogP contribution in [-0.4, -0.2) is 36.5 Å². The van der Waals surface area contributed by atoms with Gasteiger partial charge in [0.1, 0.15) is 4.88 Å². The molecule has 2 heterocycles. The summed E-state index contributed by atoms with van der Waals surface area (Å²) >= 11 is 4.89. The molecule has 1 aromatic rings. The minimum atomic E-state index is 0.144. The molecular weight excluding hydrogens is 276 g/mol. The molecule has 15 heavy (non-hydrogen) atoms. The fraction of sp³-hybridized carbons (Fsp3) is 0.500. The van der Waals surface area contributed by atoms with Gasteiger partial charge in [-0.2, -0.15) is 0 Å². The molecule has 1 atom stereocenters. The number of amides is 1. The van der Waals surface area contributed by atoms with Crippen molar-refractivity contribution in [1.82, 2.24) is 10.2 Å². The molecule has 2 rings (SSSR count). The first-order valence-electron chi connectivity index (χ1n) is 4.94. The van der Waals surface area contributed by atoms with E-state index in [2.05, 4.69) is 28.2 Å². The molecule has 1 amide bonds. The molecule has 0 bridgehead atoms. The first kappa shape index (κ1) is 11.1. The summed E-state index contributed by atoms with van der Waals surface area (Å²) in [5.41, 5.74) is 0. The van der Waals surface area contributed by atoms with Crippen LogP contribution >= 0.6 is 27.3 Å². The predicted molar refractivity (Wildman–Crippen MR) is 65.4 cm³/mol. The van der Waals surface area contributed by atoms with Gasteiger partial charge < -0.3 is 10.2 Å². The van der Waals surface area contributed by atoms with Gasteiger partial charge in [0.15, 0.2) is 0 Å². The summed E-state index contributed by atoms with van der Waals surface area (Å²) in [6.07, 6.45) is 0. The molecule has 1 aromatic heterocycles. The van der Waals surface area contributed by atoms with Crippen molar-refractivity contribution in [1.29, 1.82) is 0 Å². The number of halogens is 1. The quantitative estimate of drug-likeness (QED) is 0.857. The number of hydrogen-bond donors (Lipinski definition) is 1. The number of rotatable bonds is 1. The van der Waals surface area contributed by atoms with Gasteiger partial charge in [0.25, 0.3) is 5.91 Å². The summed E-state index contributed by atoms with van der Waals surface area (Å²) in [4.78, 5) is 14.8. The monoisotopic (exact) mass is 288 g/mol. The summed E-state index contributed by atoms with van der Waals surface area (Å²) in [6.45, 7) is 4.58. The van der Waals surface area contributed by atoms with E-state index in [1.165, 1.54) is 11.3 Å². The van der Waals surface area contributed by atoms with Crippen molar-refractivity contribution in [2.45, 2.75) is 13.0 Å². The Morgan fingerprint density at radius 2 is 2.53 bits per heavy atom. The zero-order valence-electron chi connectivity index (χ0n) is 8.50. The molecule has 0 spiro atoms. The van der Waals surface area contributed by atoms with E-state index in [4.69, 9.17) is 0 Å². The van der Waals surface area contributed by atoms with Crippen LogP contribution in [0.15, 0.2) is 15.9 Å². The third kappa shape index (κ3) is 2.41. The van der Waals surface area contributed by atoms with Crippen LogP contribution in [0.25, 0.3) is 0 Å². The number of nitrogens with zero attached hydrogens (tertiary/aromatic N) is 1. The molecule has 1 fully saturated rings. The Balaban J connectivity index is 2.11. The van der Waals surface area contributed by atoms with E-state index >= 15 is 0 Å². The normalized spacial score (nSPS) is 21.7. The average Bonchev–Trinajstić information content (AvgIpc) is 2.63. The average molecular weight is 289 g/mol. The highest BCUT2D eigenvalue weighted by Gasteiger charge is 2.23. The molecule has 0 aromatic carbocycles. The maximum atomic E-state index is 12.1. The fourth-order valence-corrected chi connectivity index (χ4v) is 3.21. The smallest absolute Gasteiger partial charge is 0.265 e. The Bertz CT molecular complexity index is 366. The highest BCUT2D eigenvalue weighted by atomic mass is 79.9. The molecule has 1 aliphatic heterocycles. The Morgan fingerprint density at radius 1 is 1.73 bits per heavy atom. The third-order valence-electron chi connectivity index (χ3n) is 2.47. The molecule has 1 saturated heterocycles. The summed E-state index contributed by atoms with van der Waals surface area (Å²) in [5, 5.41) is 5.26. The Labute approximate surface area is 102 Å². The van der Waals surface area contributed by atoms with Gasteiger partial charge in [0, 0.05) is 30.1 Å². The molecule has 0 saturated carbocycles. The topological polar surface area (TPSA) is 32.3 Å². The van der Waals surface area contributed by atoms with Crippen LogP contribution in [0.4, 0.5) is 0 Å². The number of nitrogens with one attached hydrogen (secondary N) is 1. The molecule has 1 N–H and O–H groups in total. The number of carbonyl (C=O) groups excluding carboxylic acids is 1. The van der Waals surface area contributed by atoms with Gasteiger partial charge >= 0.3 is 0 Å². The first-order valence-corrected chi connectivity index (χ1v) is 6.61. The third-order valence-corrected chi connectivity index (χ3v) is 4.29. The first-order chi connectivity index (χ1) is 7.18. The Kier molecular flexibility index (Phi) is 3.43. The van der Waals surface area contributed by atoms with Crippen molar-refractivity contribution in [2.24, 2.45) is 0 Å². The second-order valence-corrected chi connectivity index (χ2v) is 5.47. The van der Waals surface area contributed by atoms with E-state index in [1.54, 1.807) is 0 Å². The number of carbonyl (C=O) groups is 1. The van der Waals surface area contributed by atoms with E-state index in [9.17, 15) is 4.79 Å². The zero-order chi connectivity index (χ0) is 10.8. The van der Waals surface area contributed by atoms with Crippen molar-refractivity contribution in [3.8, 4) is 0 Å². The lowest BCUT2D eigenvalue weighted by Crippen LogP contribution is -2.51. The van der Waals surface area contributed by atoms with Gasteiger partial charge in [-0.25, -0.2) is 0 Å². The van der Waals surface area contributed by atoms with Gasteiger partial charge in [-0.1, -0.05) is 0 Å². The van der Waals surface area contributed by atoms with Crippen molar-refractivity contribution < 1.29 is 4.79 Å². The maximum Gasteiger partial charge on any atom is 0.265 e. The largest absolute Gasteiger partial charge is 0.335 e. The summed E-state index contributed by atoms with van der Waals surface area (Å²) in [7, 11) is 0. The molecule has 0 aliphatic carbocycles. The van der Waals surface area contributed by atoms with Gasteiger partial charge in [0.2, 0.25) is 0 Å². The van der Waals surface area contributed by atoms with Crippen molar-refractivity contribution in [3.05, 3.63) is 20.8 Å². The van der Waals surface area contributed by atoms with Crippen LogP contribution in [0.2, 0.25) is 0 Å². The minimum absolute atomic E-state index is 0.144. The lowest BCUT2D eigenvalue weighted by atomic mass is 10.2. The van der Waals surface area contributed by atoms with Crippen molar-refractivity contribution in [3.63, 3.8) is 0 Å². The van der Waals surface area contributed by atoms with Crippen LogP contribution < -0.4 is 5.32 Å². The van der Waals surface area contributed by atoms with E-state index in [0.717, 1.165) is 29.0 Å². The Morgan fingerprint density at radius 3 is 3.13 bits per heavy atom. The predicted octanol–water partition coefficient (Wildman–Crippen LogP) is 1.94. The van der Waals surface area contributed by atoms with Crippen LogP contribution in [-0.2, 0) is 0 Å². The van der Waals surface area contributed by atoms with Crippen LogP contribution in [0, 0.1) is 0 Å². The Hall–Kier alpha value is -0.390. The molecule has 3 nitrogen and oxygen atoms in total. The molecule has 82 valence electrons. The zero-order valence-corrected chi connectivity index (χ0v) is 10.9. The van der Waals surface area contributed by atoms with Crippen LogP contribution in [0.1, 0.15) is 16.6 Å². The number of thiophene rings is 1. The fourth-order valence-electron chi connectivity index (χ4n) is 1.71. The highest BCUT2D eigenvalue weighted by Crippen LogP contribution is 2.24. The summed E-state index contributed by atoms with van der Waals surface area (Å²) in [5.74, 6) is 0.144. The number of piperazine rings is 1. The lowest BCUT2D eigenvalue weighted by Gasteiger charge is -2.31. The van der Waals surface area contributed by atoms with Gasteiger partial charge in [-0.3, -0.25) is 4.79 Å². The lowest BCUT2D eigenvalue weighted by molar-refractivity contribution is 0.0713. The standard InChI is InChI=1S/C10H13BrN2OS/c1-7-6-13(4-3-12-7)10(14)9-8(11)2-5-15-9/h2,5,7,12H,3-4,6H2,1H3/t7-/m1/s1. The van der Waals surface area contributed by atoms with Gasteiger partial charge in [-0.15, -0.1) is 11.3 Å². The summed E-state index contributed by atoms with van der Waals surface area (Å²) in [6, 6.07) is 2.31. The van der Waals surface area contributed by atoms with Crippen LogP contribution in [0.3, 0.4) is 0 Å². The van der Waals surface area contributed by atoms with E-state index < -0.39 is 0 Å². The SMILES string of the molecule is C[C@@H]1CN(C(=O)c2sccc2Br)CCN1. The highest BCUT2D eigenvalue weighted by molar-refractivity contribution is 9.10. The van der Waals surface area contributed by atoms with E-state index in [-0.39, 0.29) is 5.91 Å². The van der Waals surface area contributed by atoms with Crippen molar-refractivity contribution in [2.75, 3.05) is 19.6 Å². The summed E-state index contributed by atoms with van der Waals surface area (Å²) < 4.78 is 0.906. The van der Waals surface area contributed by atoms with Gasteiger partial charge in [0.05, 0.1) is 0 Å². The van der Waals surface area contributed by atoms with Crippen molar-refractivity contribution >= 4 is 33.2 Å². The molecule has 0 unspecified atom stereocenters. The van der Waals surface area contributed by atoms with Crippen LogP contribution in [0.5, 0.6) is 0 Å². The molecule has 1 aliphatic rings. The minimum Gasteiger partial charge on any atom is -0.335 e. The second kappa shape index (κ2) is 4.63.